The molecular formula is C22H21FN2O4S. The highest BCUT2D eigenvalue weighted by Crippen LogP contribution is 2.41. The summed E-state index contributed by atoms with van der Waals surface area (Å²) in [6.07, 6.45) is 2.49. The third-order valence-corrected chi connectivity index (χ3v) is 5.84. The number of nitrogens with one attached hydrogen (secondary N) is 2. The molecule has 2 aliphatic heterocycles. The van der Waals surface area contributed by atoms with Crippen LogP contribution < -0.4 is 10.6 Å². The van der Waals surface area contributed by atoms with Gasteiger partial charge in [-0.3, -0.25) is 9.59 Å². The molecule has 3 N–H and O–H groups in total. The van der Waals surface area contributed by atoms with Crippen molar-refractivity contribution in [2.24, 2.45) is 0 Å². The van der Waals surface area contributed by atoms with Crippen LogP contribution in [-0.4, -0.2) is 35.0 Å². The summed E-state index contributed by atoms with van der Waals surface area (Å²) in [5.74, 6) is -0.392. The monoisotopic (exact) mass is 428 g/mol. The average molecular weight is 428 g/mol. The van der Waals surface area contributed by atoms with Crippen LogP contribution in [0.1, 0.15) is 28.7 Å². The van der Waals surface area contributed by atoms with Crippen LogP contribution in [0.5, 0.6) is 0 Å². The third kappa shape index (κ3) is 3.93. The summed E-state index contributed by atoms with van der Waals surface area (Å²) in [6.45, 7) is 0.716. The lowest BCUT2D eigenvalue weighted by molar-refractivity contribution is -0.139. The van der Waals surface area contributed by atoms with Gasteiger partial charge in [0.1, 0.15) is 24.2 Å². The highest BCUT2D eigenvalue weighted by atomic mass is 32.2. The smallest absolute Gasteiger partial charge is 0.320 e. The van der Waals surface area contributed by atoms with E-state index < -0.39 is 17.8 Å². The lowest BCUT2D eigenvalue weighted by Crippen LogP contribution is -2.36. The second-order valence-corrected chi connectivity index (χ2v) is 8.17. The topological polar surface area (TPSA) is 87.7 Å². The molecule has 2 aromatic carbocycles. The first-order chi connectivity index (χ1) is 14.5. The Morgan fingerprint density at radius 2 is 2.13 bits per heavy atom. The van der Waals surface area contributed by atoms with Crippen molar-refractivity contribution in [1.82, 2.24) is 5.32 Å². The number of carbonyl (C=O) groups excluding carboxylic acids is 1. The number of thioether (sulfide) groups is 1. The van der Waals surface area contributed by atoms with Crippen LogP contribution in [0.15, 0.2) is 36.4 Å². The summed E-state index contributed by atoms with van der Waals surface area (Å²) in [6, 6.07) is 9.26. The first-order valence-electron chi connectivity index (χ1n) is 9.53. The quantitative estimate of drug-likeness (QED) is 0.586. The molecule has 0 fully saturated rings. The van der Waals surface area contributed by atoms with E-state index >= 15 is 0 Å². The molecule has 0 aliphatic carbocycles. The van der Waals surface area contributed by atoms with Crippen LogP contribution in [0.25, 0.3) is 11.3 Å². The van der Waals surface area contributed by atoms with E-state index in [2.05, 4.69) is 10.6 Å². The van der Waals surface area contributed by atoms with E-state index in [4.69, 9.17) is 4.74 Å². The second-order valence-electron chi connectivity index (χ2n) is 7.18. The van der Waals surface area contributed by atoms with Gasteiger partial charge in [-0.1, -0.05) is 18.2 Å². The molecule has 1 amide bonds. The summed E-state index contributed by atoms with van der Waals surface area (Å²) < 4.78 is 19.6. The minimum absolute atomic E-state index is 0.300. The van der Waals surface area contributed by atoms with Crippen LogP contribution in [0, 0.1) is 5.82 Å². The van der Waals surface area contributed by atoms with Gasteiger partial charge >= 0.3 is 5.97 Å². The Kier molecular flexibility index (Phi) is 5.78. The van der Waals surface area contributed by atoms with Gasteiger partial charge in [0.15, 0.2) is 0 Å². The number of halogens is 1. The van der Waals surface area contributed by atoms with Crippen molar-refractivity contribution in [3.05, 3.63) is 64.5 Å². The molecule has 0 spiro atoms. The summed E-state index contributed by atoms with van der Waals surface area (Å²) >= 11 is 1.61. The van der Waals surface area contributed by atoms with Crippen LogP contribution in [-0.2, 0) is 27.5 Å². The highest BCUT2D eigenvalue weighted by Gasteiger charge is 2.32. The number of fused-ring (bicyclic) bond motifs is 2. The minimum atomic E-state index is -0.862. The van der Waals surface area contributed by atoms with Gasteiger partial charge in [-0.2, -0.15) is 11.8 Å². The van der Waals surface area contributed by atoms with Crippen molar-refractivity contribution in [2.75, 3.05) is 17.3 Å². The molecule has 0 unspecified atom stereocenters. The molecule has 1 atom stereocenters. The molecule has 156 valence electrons. The lowest BCUT2D eigenvalue weighted by atomic mass is 9.99. The number of carbonyl (C=O) groups is 2. The molecule has 0 bridgehead atoms. The summed E-state index contributed by atoms with van der Waals surface area (Å²) in [5, 5.41) is 15.2. The zero-order chi connectivity index (χ0) is 21.3. The second kappa shape index (κ2) is 8.49. The summed E-state index contributed by atoms with van der Waals surface area (Å²) in [5.41, 5.74) is 4.01. The number of amides is 1. The predicted octanol–water partition coefficient (Wildman–Crippen LogP) is 3.47. The number of carboxylic acids is 1. The number of anilines is 1. The molecule has 0 radical (unpaired) electrons. The van der Waals surface area contributed by atoms with E-state index in [0.29, 0.717) is 42.2 Å². The van der Waals surface area contributed by atoms with Crippen molar-refractivity contribution in [3.8, 4) is 0 Å². The minimum Gasteiger partial charge on any atom is -0.487 e. The van der Waals surface area contributed by atoms with Gasteiger partial charge in [0, 0.05) is 28.9 Å². The van der Waals surface area contributed by atoms with Crippen LogP contribution in [0.2, 0.25) is 0 Å². The average Bonchev–Trinajstić information content (AvgIpc) is 3.26. The zero-order valence-electron chi connectivity index (χ0n) is 16.3. The summed E-state index contributed by atoms with van der Waals surface area (Å²) in [4.78, 5) is 23.9. The zero-order valence-corrected chi connectivity index (χ0v) is 17.1. The molecule has 6 nitrogen and oxygen atoms in total. The Balaban J connectivity index is 1.58. The predicted molar refractivity (Wildman–Crippen MR) is 114 cm³/mol. The normalized spacial score (nSPS) is 17.9. The third-order valence-electron chi connectivity index (χ3n) is 5.20. The van der Waals surface area contributed by atoms with Crippen LogP contribution >= 0.6 is 11.8 Å². The molecule has 30 heavy (non-hydrogen) atoms. The fraction of sp³-hybridized carbons (Fsp3) is 0.273. The van der Waals surface area contributed by atoms with Crippen molar-refractivity contribution >= 4 is 40.7 Å². The highest BCUT2D eigenvalue weighted by molar-refractivity contribution is 7.98. The molecule has 8 heteroatoms. The van der Waals surface area contributed by atoms with Gasteiger partial charge in [0.05, 0.1) is 5.57 Å². The van der Waals surface area contributed by atoms with Gasteiger partial charge < -0.3 is 20.5 Å². The standard InChI is InChI=1S/C22H21FN2O4S/c1-30-7-6-18(22(27)28)24-10-12-2-4-15-13(8-12)11-29-20(15)19-16-9-14(23)3-5-17(16)25-21(19)26/h2-5,8-9,18,24H,6-7,10-11H2,1H3,(H,25,26)(H,27,28)/t18-/m0/s1. The van der Waals surface area contributed by atoms with Gasteiger partial charge in [-0.15, -0.1) is 0 Å². The molecule has 2 heterocycles. The van der Waals surface area contributed by atoms with Crippen molar-refractivity contribution in [2.45, 2.75) is 25.6 Å². The Labute approximate surface area is 177 Å². The maximum Gasteiger partial charge on any atom is 0.320 e. The van der Waals surface area contributed by atoms with E-state index in [-0.39, 0.29) is 5.91 Å². The van der Waals surface area contributed by atoms with E-state index in [0.717, 1.165) is 22.4 Å². The Morgan fingerprint density at radius 1 is 1.30 bits per heavy atom. The number of hydrogen-bond donors (Lipinski definition) is 3. The Bertz CT molecular complexity index is 1050. The van der Waals surface area contributed by atoms with E-state index in [9.17, 15) is 19.1 Å². The maximum absolute atomic E-state index is 13.7. The number of ether oxygens (including phenoxy) is 1. The fourth-order valence-corrected chi connectivity index (χ4v) is 4.16. The van der Waals surface area contributed by atoms with Gasteiger partial charge in [-0.25, -0.2) is 4.39 Å². The van der Waals surface area contributed by atoms with Crippen molar-refractivity contribution in [1.29, 1.82) is 0 Å². The van der Waals surface area contributed by atoms with Gasteiger partial charge in [0.25, 0.3) is 5.91 Å². The Morgan fingerprint density at radius 3 is 2.90 bits per heavy atom. The number of carboxylic acid groups (broad SMARTS) is 1. The van der Waals surface area contributed by atoms with E-state index in [1.54, 1.807) is 11.8 Å². The van der Waals surface area contributed by atoms with E-state index in [1.807, 2.05) is 24.5 Å². The number of benzene rings is 2. The maximum atomic E-state index is 13.7. The van der Waals surface area contributed by atoms with Crippen LogP contribution in [0.4, 0.5) is 10.1 Å². The number of aliphatic carboxylic acids is 1. The molecule has 4 rings (SSSR count). The van der Waals surface area contributed by atoms with E-state index in [1.165, 1.54) is 18.2 Å². The largest absolute Gasteiger partial charge is 0.487 e. The first-order valence-corrected chi connectivity index (χ1v) is 10.9. The Hall–Kier alpha value is -2.84. The van der Waals surface area contributed by atoms with Crippen molar-refractivity contribution in [3.63, 3.8) is 0 Å². The van der Waals surface area contributed by atoms with Crippen LogP contribution in [0.3, 0.4) is 0 Å². The molecule has 0 saturated heterocycles. The lowest BCUT2D eigenvalue weighted by Gasteiger charge is -2.14. The number of hydrogen-bond acceptors (Lipinski definition) is 5. The SMILES string of the molecule is CSCC[C@H](NCc1ccc2c(c1)COC2=C1C(=O)Nc2ccc(F)cc21)C(=O)O. The first kappa shape index (κ1) is 20.4. The molecular weight excluding hydrogens is 407 g/mol. The number of rotatable bonds is 7. The molecule has 0 saturated carbocycles. The summed E-state index contributed by atoms with van der Waals surface area (Å²) in [7, 11) is 0. The van der Waals surface area contributed by atoms with Gasteiger partial charge in [-0.05, 0) is 42.2 Å². The van der Waals surface area contributed by atoms with Crippen molar-refractivity contribution < 1.29 is 23.8 Å². The molecule has 2 aliphatic rings. The fourth-order valence-electron chi connectivity index (χ4n) is 3.69. The molecule has 0 aromatic heterocycles. The van der Waals surface area contributed by atoms with Gasteiger partial charge in [0.2, 0.25) is 0 Å². The molecule has 2 aromatic rings.